The van der Waals surface area contributed by atoms with Gasteiger partial charge in [-0.2, -0.15) is 0 Å². The second-order valence-electron chi connectivity index (χ2n) is 3.48. The van der Waals surface area contributed by atoms with E-state index in [0.29, 0.717) is 6.10 Å². The van der Waals surface area contributed by atoms with E-state index in [-0.39, 0.29) is 0 Å². The fraction of sp³-hybridized carbons (Fsp3) is 1.00. The topological polar surface area (TPSA) is 12.5 Å². The van der Waals surface area contributed by atoms with Crippen LogP contribution in [0.4, 0.5) is 0 Å². The number of nitrogens with zero attached hydrogens (tertiary/aromatic N) is 1. The average Bonchev–Trinajstić information content (AvgIpc) is 1.84. The first kappa shape index (κ1) is 11.8. The summed E-state index contributed by atoms with van der Waals surface area (Å²) in [5.74, 6) is 0. The van der Waals surface area contributed by atoms with E-state index in [9.17, 15) is 0 Å². The third-order valence-corrected chi connectivity index (χ3v) is 4.14. The molecule has 0 aromatic rings. The van der Waals surface area contributed by atoms with Crippen LogP contribution in [0.15, 0.2) is 0 Å². The van der Waals surface area contributed by atoms with E-state index in [1.807, 2.05) is 0 Å². The Morgan fingerprint density at radius 1 is 1.36 bits per heavy atom. The quantitative estimate of drug-likeness (QED) is 0.745. The summed E-state index contributed by atoms with van der Waals surface area (Å²) in [6.07, 6.45) is 1.63. The van der Waals surface area contributed by atoms with Crippen LogP contribution in [0.3, 0.4) is 0 Å². The van der Waals surface area contributed by atoms with Gasteiger partial charge in [-0.25, -0.2) is 0 Å². The maximum absolute atomic E-state index is 5.88. The molecule has 0 N–H and O–H groups in total. The molecule has 0 spiro atoms. The first-order valence-corrected chi connectivity index (χ1v) is 12.3. The van der Waals surface area contributed by atoms with Gasteiger partial charge in [0, 0.05) is 0 Å². The summed E-state index contributed by atoms with van der Waals surface area (Å²) < 4.78 is 10.5. The van der Waals surface area contributed by atoms with Crippen LogP contribution in [0, 0.1) is 0 Å². The van der Waals surface area contributed by atoms with E-state index in [0.717, 1.165) is 13.0 Å². The zero-order valence-electron chi connectivity index (χ0n) is 8.42. The van der Waals surface area contributed by atoms with Crippen LogP contribution in [0.1, 0.15) is 13.3 Å². The van der Waals surface area contributed by atoms with E-state index in [2.05, 4.69) is 35.3 Å². The summed E-state index contributed by atoms with van der Waals surface area (Å²) >= 11 is -1.44. The first-order chi connectivity index (χ1) is 5.06. The summed E-state index contributed by atoms with van der Waals surface area (Å²) in [6.45, 7) is 3.27. The molecule has 0 aliphatic carbocycles. The third kappa shape index (κ3) is 7.16. The molecular formula is C8H20InNO. The summed E-state index contributed by atoms with van der Waals surface area (Å²) in [5, 5.41) is 0. The Hall–Kier alpha value is 0.790. The summed E-state index contributed by atoms with van der Waals surface area (Å²) in [5.41, 5.74) is 0. The molecule has 0 bridgehead atoms. The van der Waals surface area contributed by atoms with Crippen molar-refractivity contribution < 1.29 is 2.85 Å². The second-order valence-corrected chi connectivity index (χ2v) is 10.2. The standard InChI is InChI=1S/C6H14NO.2CH3.In/c1-4-6(8)5-7(2)3;;;/h6H,4-5H2,1-3H3;2*1H3;/q-1;;;+1. The predicted octanol–water partition coefficient (Wildman–Crippen LogP) is 1.59. The fourth-order valence-electron chi connectivity index (χ4n) is 1.06. The van der Waals surface area contributed by atoms with Crippen LogP contribution >= 0.6 is 0 Å². The van der Waals surface area contributed by atoms with Gasteiger partial charge in [0.05, 0.1) is 0 Å². The number of hydrogen-bond donors (Lipinski definition) is 0. The SMILES string of the molecule is CCC(CN(C)C)[O][In]([CH3])[CH3]. The van der Waals surface area contributed by atoms with Gasteiger partial charge in [0.15, 0.2) is 0 Å². The monoisotopic (exact) mass is 261 g/mol. The Balaban J connectivity index is 3.58. The molecule has 0 radical (unpaired) electrons. The van der Waals surface area contributed by atoms with Crippen molar-refractivity contribution in [2.24, 2.45) is 0 Å². The van der Waals surface area contributed by atoms with Gasteiger partial charge in [0.1, 0.15) is 0 Å². The van der Waals surface area contributed by atoms with Crippen LogP contribution in [-0.4, -0.2) is 53.5 Å². The molecule has 0 aromatic carbocycles. The van der Waals surface area contributed by atoms with E-state index >= 15 is 0 Å². The Labute approximate surface area is 79.1 Å². The molecular weight excluding hydrogens is 241 g/mol. The molecule has 0 heterocycles. The van der Waals surface area contributed by atoms with Gasteiger partial charge in [-0.3, -0.25) is 0 Å². The normalized spacial score (nSPS) is 13.6. The third-order valence-electron chi connectivity index (χ3n) is 1.49. The van der Waals surface area contributed by atoms with Crippen LogP contribution in [0.25, 0.3) is 0 Å². The number of hydrogen-bond acceptors (Lipinski definition) is 2. The van der Waals surface area contributed by atoms with Gasteiger partial charge in [0.2, 0.25) is 0 Å². The van der Waals surface area contributed by atoms with Crippen LogP contribution in [0.5, 0.6) is 0 Å². The molecule has 11 heavy (non-hydrogen) atoms. The van der Waals surface area contributed by atoms with Crippen molar-refractivity contribution in [3.63, 3.8) is 0 Å². The Bertz CT molecular complexity index is 86.1. The van der Waals surface area contributed by atoms with Gasteiger partial charge < -0.3 is 0 Å². The van der Waals surface area contributed by atoms with Crippen LogP contribution in [0.2, 0.25) is 9.36 Å². The van der Waals surface area contributed by atoms with Crippen molar-refractivity contribution in [2.45, 2.75) is 28.8 Å². The van der Waals surface area contributed by atoms with Crippen LogP contribution < -0.4 is 0 Å². The molecule has 0 aliphatic heterocycles. The van der Waals surface area contributed by atoms with Crippen molar-refractivity contribution in [3.05, 3.63) is 0 Å². The van der Waals surface area contributed by atoms with E-state index in [1.54, 1.807) is 0 Å². The molecule has 66 valence electrons. The molecule has 0 saturated carbocycles. The van der Waals surface area contributed by atoms with Crippen molar-refractivity contribution >= 4 is 21.9 Å². The van der Waals surface area contributed by atoms with Gasteiger partial charge in [-0.1, -0.05) is 0 Å². The van der Waals surface area contributed by atoms with Gasteiger partial charge >= 0.3 is 79.1 Å². The molecule has 1 atom stereocenters. The van der Waals surface area contributed by atoms with Crippen molar-refractivity contribution in [1.82, 2.24) is 4.90 Å². The Morgan fingerprint density at radius 3 is 2.18 bits per heavy atom. The number of rotatable bonds is 5. The molecule has 0 amide bonds. The zero-order chi connectivity index (χ0) is 8.85. The molecule has 0 rings (SSSR count). The summed E-state index contributed by atoms with van der Waals surface area (Å²) in [7, 11) is 4.20. The van der Waals surface area contributed by atoms with E-state index in [1.165, 1.54) is 0 Å². The average molecular weight is 261 g/mol. The molecule has 1 unspecified atom stereocenters. The summed E-state index contributed by atoms with van der Waals surface area (Å²) in [4.78, 5) is 2.20. The summed E-state index contributed by atoms with van der Waals surface area (Å²) in [6, 6.07) is 0. The van der Waals surface area contributed by atoms with E-state index < -0.39 is 21.9 Å². The van der Waals surface area contributed by atoms with Crippen molar-refractivity contribution in [2.75, 3.05) is 20.6 Å². The molecule has 2 nitrogen and oxygen atoms in total. The molecule has 3 heteroatoms. The minimum absolute atomic E-state index is 0.487. The zero-order valence-corrected chi connectivity index (χ0v) is 11.7. The maximum atomic E-state index is 5.88. The predicted molar refractivity (Wildman–Crippen MR) is 51.2 cm³/mol. The first-order valence-electron chi connectivity index (χ1n) is 4.36. The molecule has 0 saturated heterocycles. The fourth-order valence-corrected chi connectivity index (χ4v) is 4.05. The molecule has 0 fully saturated rings. The second kappa shape index (κ2) is 6.32. The van der Waals surface area contributed by atoms with Crippen molar-refractivity contribution in [1.29, 1.82) is 0 Å². The Kier molecular flexibility index (Phi) is 6.78. The minimum atomic E-state index is -1.44. The van der Waals surface area contributed by atoms with E-state index in [4.69, 9.17) is 2.85 Å². The Morgan fingerprint density at radius 2 is 1.91 bits per heavy atom. The molecule has 0 aromatic heterocycles. The van der Waals surface area contributed by atoms with Gasteiger partial charge in [0.25, 0.3) is 0 Å². The van der Waals surface area contributed by atoms with Gasteiger partial charge in [-0.05, 0) is 0 Å². The van der Waals surface area contributed by atoms with Crippen molar-refractivity contribution in [3.8, 4) is 0 Å². The molecule has 0 aliphatic rings. The number of likely N-dealkylation sites (N-methyl/N-ethyl adjacent to an activating group) is 1. The van der Waals surface area contributed by atoms with Gasteiger partial charge in [-0.15, -0.1) is 0 Å². The van der Waals surface area contributed by atoms with Crippen LogP contribution in [-0.2, 0) is 2.85 Å².